The molecule has 0 spiro atoms. The average Bonchev–Trinajstić information content (AvgIpc) is 2.14. The molecule has 0 atom stereocenters. The number of hydrogen-bond acceptors (Lipinski definition) is 3. The van der Waals surface area contributed by atoms with Crippen LogP contribution in [0.3, 0.4) is 0 Å². The van der Waals surface area contributed by atoms with E-state index in [4.69, 9.17) is 0 Å². The van der Waals surface area contributed by atoms with E-state index in [1.807, 2.05) is 18.3 Å². The summed E-state index contributed by atoms with van der Waals surface area (Å²) in [5.41, 5.74) is 7.22. The van der Waals surface area contributed by atoms with Crippen molar-refractivity contribution in [2.45, 2.75) is 13.8 Å². The third kappa shape index (κ3) is 1.36. The predicted molar refractivity (Wildman–Crippen MR) is 37.0 cm³/mol. The first-order valence-electron chi connectivity index (χ1n) is 3.16. The maximum Gasteiger partial charge on any atom is 0.0478 e. The molecule has 1 heterocycles. The largest absolute Gasteiger partial charge is 0.306 e. The zero-order valence-corrected chi connectivity index (χ0v) is 6.10. The lowest BCUT2D eigenvalue weighted by molar-refractivity contribution is 0.325. The van der Waals surface area contributed by atoms with Gasteiger partial charge in [-0.3, -0.25) is 5.01 Å². The van der Waals surface area contributed by atoms with Crippen LogP contribution < -0.4 is 11.0 Å². The van der Waals surface area contributed by atoms with Crippen LogP contribution in [-0.2, 0) is 0 Å². The number of hydrogen-bond donors (Lipinski definition) is 2. The van der Waals surface area contributed by atoms with E-state index in [1.54, 1.807) is 0 Å². The van der Waals surface area contributed by atoms with E-state index in [1.165, 1.54) is 5.70 Å². The van der Waals surface area contributed by atoms with Crippen molar-refractivity contribution in [1.82, 2.24) is 16.0 Å². The summed E-state index contributed by atoms with van der Waals surface area (Å²) in [6.07, 6.45) is 2.05. The van der Waals surface area contributed by atoms with E-state index < -0.39 is 0 Å². The number of allylic oxidation sites excluding steroid dienone is 1. The zero-order chi connectivity index (χ0) is 6.85. The Balaban J connectivity index is 2.52. The highest BCUT2D eigenvalue weighted by Crippen LogP contribution is 2.07. The number of nitrogens with zero attached hydrogens (tertiary/aromatic N) is 1. The van der Waals surface area contributed by atoms with Gasteiger partial charge in [0.1, 0.15) is 0 Å². The van der Waals surface area contributed by atoms with Gasteiger partial charge in [0.05, 0.1) is 0 Å². The molecule has 3 nitrogen and oxygen atoms in total. The van der Waals surface area contributed by atoms with Crippen molar-refractivity contribution in [2.24, 2.45) is 5.92 Å². The first-order valence-corrected chi connectivity index (χ1v) is 3.16. The predicted octanol–water partition coefficient (Wildman–Crippen LogP) is 0.438. The van der Waals surface area contributed by atoms with Crippen LogP contribution in [0.2, 0.25) is 0 Å². The van der Waals surface area contributed by atoms with Gasteiger partial charge in [0.15, 0.2) is 0 Å². The fraction of sp³-hybridized carbons (Fsp3) is 0.667. The summed E-state index contributed by atoms with van der Waals surface area (Å²) >= 11 is 0. The summed E-state index contributed by atoms with van der Waals surface area (Å²) in [6.45, 7) is 4.30. The van der Waals surface area contributed by atoms with Gasteiger partial charge in [-0.1, -0.05) is 13.8 Å². The Hall–Kier alpha value is -0.700. The van der Waals surface area contributed by atoms with Gasteiger partial charge in [-0.2, -0.15) is 0 Å². The maximum atomic E-state index is 3.04. The summed E-state index contributed by atoms with van der Waals surface area (Å²) < 4.78 is 0. The second-order valence-electron chi connectivity index (χ2n) is 2.59. The van der Waals surface area contributed by atoms with Crippen LogP contribution in [0, 0.1) is 5.92 Å². The first-order chi connectivity index (χ1) is 4.20. The average molecular weight is 127 g/mol. The molecule has 0 saturated heterocycles. The van der Waals surface area contributed by atoms with Crippen molar-refractivity contribution < 1.29 is 0 Å². The lowest BCUT2D eigenvalue weighted by Gasteiger charge is -2.06. The van der Waals surface area contributed by atoms with E-state index >= 15 is 0 Å². The van der Waals surface area contributed by atoms with Crippen molar-refractivity contribution >= 4 is 0 Å². The van der Waals surface area contributed by atoms with Crippen molar-refractivity contribution in [3.8, 4) is 0 Å². The second-order valence-corrected chi connectivity index (χ2v) is 2.59. The molecule has 0 fully saturated rings. The van der Waals surface area contributed by atoms with Gasteiger partial charge in [0, 0.05) is 18.9 Å². The summed E-state index contributed by atoms with van der Waals surface area (Å²) in [6, 6.07) is 0. The minimum atomic E-state index is 0.572. The third-order valence-electron chi connectivity index (χ3n) is 1.33. The quantitative estimate of drug-likeness (QED) is 0.535. The topological polar surface area (TPSA) is 27.3 Å². The van der Waals surface area contributed by atoms with Crippen molar-refractivity contribution in [2.75, 3.05) is 7.05 Å². The lowest BCUT2D eigenvalue weighted by Crippen LogP contribution is -2.34. The monoisotopic (exact) mass is 127 g/mol. The fourth-order valence-electron chi connectivity index (χ4n) is 0.719. The van der Waals surface area contributed by atoms with Crippen molar-refractivity contribution in [1.29, 1.82) is 0 Å². The van der Waals surface area contributed by atoms with Crippen LogP contribution in [0.4, 0.5) is 0 Å². The Morgan fingerprint density at radius 2 is 2.22 bits per heavy atom. The molecule has 2 N–H and O–H groups in total. The molecule has 1 aliphatic rings. The molecule has 1 aliphatic heterocycles. The highest BCUT2D eigenvalue weighted by molar-refractivity contribution is 5.03. The standard InChI is InChI=1S/C6H13N3/c1-5(2)6-4-9(3)8-7-6/h4-5,7-8H,1-3H3. The molecule has 1 rings (SSSR count). The van der Waals surface area contributed by atoms with Gasteiger partial charge in [-0.15, -0.1) is 5.53 Å². The molecule has 0 saturated carbocycles. The molecule has 0 unspecified atom stereocenters. The van der Waals surface area contributed by atoms with Gasteiger partial charge in [0.2, 0.25) is 0 Å². The first kappa shape index (κ1) is 6.42. The molecule has 52 valence electrons. The maximum absolute atomic E-state index is 3.04. The van der Waals surface area contributed by atoms with Crippen LogP contribution in [0.5, 0.6) is 0 Å². The highest BCUT2D eigenvalue weighted by atomic mass is 15.7. The van der Waals surface area contributed by atoms with Gasteiger partial charge < -0.3 is 5.43 Å². The molecule has 0 aromatic heterocycles. The van der Waals surface area contributed by atoms with Crippen LogP contribution in [0.25, 0.3) is 0 Å². The van der Waals surface area contributed by atoms with E-state index in [2.05, 4.69) is 24.8 Å². The smallest absolute Gasteiger partial charge is 0.0478 e. The van der Waals surface area contributed by atoms with Crippen molar-refractivity contribution in [3.63, 3.8) is 0 Å². The SMILES string of the molecule is CC(C)C1=CN(C)NN1. The number of rotatable bonds is 1. The second kappa shape index (κ2) is 2.27. The highest BCUT2D eigenvalue weighted by Gasteiger charge is 2.08. The summed E-state index contributed by atoms with van der Waals surface area (Å²) in [7, 11) is 1.96. The van der Waals surface area contributed by atoms with Gasteiger partial charge in [-0.05, 0) is 5.92 Å². The fourth-order valence-corrected chi connectivity index (χ4v) is 0.719. The van der Waals surface area contributed by atoms with Gasteiger partial charge in [0.25, 0.3) is 0 Å². The summed E-state index contributed by atoms with van der Waals surface area (Å²) in [5, 5.41) is 1.90. The van der Waals surface area contributed by atoms with E-state index in [-0.39, 0.29) is 0 Å². The third-order valence-corrected chi connectivity index (χ3v) is 1.33. The Morgan fingerprint density at radius 3 is 2.44 bits per heavy atom. The minimum Gasteiger partial charge on any atom is -0.306 e. The van der Waals surface area contributed by atoms with E-state index in [0.29, 0.717) is 5.92 Å². The Morgan fingerprint density at radius 1 is 1.56 bits per heavy atom. The molecular weight excluding hydrogens is 114 g/mol. The van der Waals surface area contributed by atoms with E-state index in [9.17, 15) is 0 Å². The lowest BCUT2D eigenvalue weighted by atomic mass is 10.2. The minimum absolute atomic E-state index is 0.572. The van der Waals surface area contributed by atoms with Gasteiger partial charge in [-0.25, -0.2) is 0 Å². The molecule has 9 heavy (non-hydrogen) atoms. The number of nitrogens with one attached hydrogen (secondary N) is 2. The Bertz CT molecular complexity index is 128. The Kier molecular flexibility index (Phi) is 1.62. The molecule has 0 bridgehead atoms. The summed E-state index contributed by atoms with van der Waals surface area (Å²) in [4.78, 5) is 0. The van der Waals surface area contributed by atoms with Gasteiger partial charge >= 0.3 is 0 Å². The van der Waals surface area contributed by atoms with Crippen LogP contribution in [0.1, 0.15) is 13.8 Å². The normalized spacial score (nSPS) is 18.2. The molecule has 3 heteroatoms. The summed E-state index contributed by atoms with van der Waals surface area (Å²) in [5.74, 6) is 0.572. The van der Waals surface area contributed by atoms with Crippen LogP contribution in [-0.4, -0.2) is 12.1 Å². The molecule has 0 aliphatic carbocycles. The molecule has 0 amide bonds. The zero-order valence-electron chi connectivity index (χ0n) is 6.10. The molecule has 0 aromatic rings. The molecule has 0 radical (unpaired) electrons. The Labute approximate surface area is 55.7 Å². The number of hydrazine groups is 2. The van der Waals surface area contributed by atoms with Crippen LogP contribution >= 0.6 is 0 Å². The van der Waals surface area contributed by atoms with E-state index in [0.717, 1.165) is 0 Å². The van der Waals surface area contributed by atoms with Crippen LogP contribution in [0.15, 0.2) is 11.9 Å². The van der Waals surface area contributed by atoms with Crippen molar-refractivity contribution in [3.05, 3.63) is 11.9 Å². The molecule has 0 aromatic carbocycles. The molecular formula is C6H13N3.